The molecule has 1 unspecified atom stereocenters. The van der Waals surface area contributed by atoms with Crippen LogP contribution in [0.5, 0.6) is 0 Å². The van der Waals surface area contributed by atoms with Crippen molar-refractivity contribution in [3.63, 3.8) is 0 Å². The molecule has 0 aliphatic carbocycles. The molecule has 0 aliphatic heterocycles. The second-order valence-electron chi connectivity index (χ2n) is 1.85. The Morgan fingerprint density at radius 3 is 2.62 bits per heavy atom. The Kier molecular flexibility index (Phi) is 5.56. The van der Waals surface area contributed by atoms with E-state index in [1.165, 1.54) is 0 Å². The zero-order chi connectivity index (χ0) is 6.41. The summed E-state index contributed by atoms with van der Waals surface area (Å²) in [7, 11) is 0. The van der Waals surface area contributed by atoms with E-state index < -0.39 is 0 Å². The SMILES string of the molecule is CCC(Cl)CCC[O]. The largest absolute Gasteiger partial charge is 0.237 e. The minimum atomic E-state index is 0.0171. The number of alkyl halides is 1. The molecule has 0 N–H and O–H groups in total. The summed E-state index contributed by atoms with van der Waals surface area (Å²) in [6.45, 7) is 2.05. The molecule has 0 heterocycles. The maximum Gasteiger partial charge on any atom is 0.0822 e. The fourth-order valence-corrected chi connectivity index (χ4v) is 0.663. The highest BCUT2D eigenvalue weighted by Crippen LogP contribution is 2.07. The first-order chi connectivity index (χ1) is 3.81. The van der Waals surface area contributed by atoms with Gasteiger partial charge in [0.1, 0.15) is 0 Å². The molecule has 8 heavy (non-hydrogen) atoms. The third kappa shape index (κ3) is 4.41. The van der Waals surface area contributed by atoms with Crippen molar-refractivity contribution in [2.45, 2.75) is 31.6 Å². The van der Waals surface area contributed by atoms with Crippen LogP contribution < -0.4 is 0 Å². The molecule has 0 aromatic carbocycles. The third-order valence-electron chi connectivity index (χ3n) is 1.10. The molecule has 0 aromatic heterocycles. The molecule has 1 radical (unpaired) electrons. The average Bonchev–Trinajstić information content (AvgIpc) is 1.83. The van der Waals surface area contributed by atoms with Gasteiger partial charge in [0, 0.05) is 5.38 Å². The highest BCUT2D eigenvalue weighted by atomic mass is 35.5. The molecular weight excluding hydrogens is 124 g/mol. The van der Waals surface area contributed by atoms with Gasteiger partial charge in [-0.1, -0.05) is 6.92 Å². The summed E-state index contributed by atoms with van der Waals surface area (Å²) in [6.07, 6.45) is 2.57. The lowest BCUT2D eigenvalue weighted by atomic mass is 10.2. The van der Waals surface area contributed by atoms with Gasteiger partial charge in [-0.05, 0) is 19.3 Å². The molecule has 0 fully saturated rings. The maximum atomic E-state index is 9.89. The van der Waals surface area contributed by atoms with Crippen molar-refractivity contribution in [3.05, 3.63) is 0 Å². The predicted molar refractivity (Wildman–Crippen MR) is 34.7 cm³/mol. The van der Waals surface area contributed by atoms with Crippen molar-refractivity contribution in [2.75, 3.05) is 6.61 Å². The van der Waals surface area contributed by atoms with Gasteiger partial charge in [0.2, 0.25) is 0 Å². The number of rotatable bonds is 4. The van der Waals surface area contributed by atoms with Crippen LogP contribution in [-0.2, 0) is 5.11 Å². The molecule has 0 bridgehead atoms. The van der Waals surface area contributed by atoms with E-state index in [0.717, 1.165) is 19.3 Å². The number of hydrogen-bond acceptors (Lipinski definition) is 0. The van der Waals surface area contributed by atoms with E-state index in [9.17, 15) is 5.11 Å². The number of hydrogen-bond donors (Lipinski definition) is 0. The van der Waals surface area contributed by atoms with Crippen molar-refractivity contribution in [1.29, 1.82) is 0 Å². The first kappa shape index (κ1) is 8.25. The van der Waals surface area contributed by atoms with Gasteiger partial charge < -0.3 is 0 Å². The normalized spacial score (nSPS) is 13.9. The molecule has 0 aliphatic rings. The quantitative estimate of drug-likeness (QED) is 0.527. The van der Waals surface area contributed by atoms with Crippen molar-refractivity contribution >= 4 is 11.6 Å². The summed E-state index contributed by atoms with van der Waals surface area (Å²) in [5.41, 5.74) is 0. The minimum absolute atomic E-state index is 0.0171. The minimum Gasteiger partial charge on any atom is -0.237 e. The van der Waals surface area contributed by atoms with Gasteiger partial charge in [0.05, 0.1) is 6.61 Å². The molecule has 0 amide bonds. The molecule has 1 nitrogen and oxygen atoms in total. The van der Waals surface area contributed by atoms with Gasteiger partial charge in [0.25, 0.3) is 0 Å². The molecule has 0 saturated carbocycles. The molecular formula is C6H12ClO. The zero-order valence-corrected chi connectivity index (χ0v) is 5.95. The van der Waals surface area contributed by atoms with Crippen molar-refractivity contribution in [3.8, 4) is 0 Å². The Hall–Kier alpha value is 0.250. The van der Waals surface area contributed by atoms with Crippen molar-refractivity contribution < 1.29 is 5.11 Å². The van der Waals surface area contributed by atoms with E-state index >= 15 is 0 Å². The van der Waals surface area contributed by atoms with Crippen LogP contribution in [0.3, 0.4) is 0 Å². The Labute approximate surface area is 55.7 Å². The monoisotopic (exact) mass is 135 g/mol. The fourth-order valence-electron chi connectivity index (χ4n) is 0.509. The summed E-state index contributed by atoms with van der Waals surface area (Å²) in [5, 5.41) is 10.1. The van der Waals surface area contributed by atoms with Crippen LogP contribution in [-0.4, -0.2) is 12.0 Å². The van der Waals surface area contributed by atoms with E-state index in [1.54, 1.807) is 0 Å². The summed E-state index contributed by atoms with van der Waals surface area (Å²) in [4.78, 5) is 0. The molecule has 0 spiro atoms. The third-order valence-corrected chi connectivity index (χ3v) is 1.63. The lowest BCUT2D eigenvalue weighted by Crippen LogP contribution is -1.96. The van der Waals surface area contributed by atoms with Crippen LogP contribution in [0.15, 0.2) is 0 Å². The van der Waals surface area contributed by atoms with Gasteiger partial charge in [0.15, 0.2) is 0 Å². The predicted octanol–water partition coefficient (Wildman–Crippen LogP) is 2.21. The van der Waals surface area contributed by atoms with E-state index in [2.05, 4.69) is 0 Å². The van der Waals surface area contributed by atoms with Gasteiger partial charge >= 0.3 is 0 Å². The van der Waals surface area contributed by atoms with Gasteiger partial charge in [-0.15, -0.1) is 11.6 Å². The topological polar surface area (TPSA) is 19.9 Å². The first-order valence-corrected chi connectivity index (χ1v) is 3.47. The molecule has 2 heteroatoms. The summed E-state index contributed by atoms with van der Waals surface area (Å²) >= 11 is 5.71. The van der Waals surface area contributed by atoms with Crippen molar-refractivity contribution in [1.82, 2.24) is 0 Å². The second kappa shape index (κ2) is 5.39. The number of halogens is 1. The fraction of sp³-hybridized carbons (Fsp3) is 1.00. The standard InChI is InChI=1S/C6H12ClO/c1-2-6(7)4-3-5-8/h6H,2-5H2,1H3. The second-order valence-corrected chi connectivity index (χ2v) is 2.47. The Bertz CT molecular complexity index is 47.8. The first-order valence-electron chi connectivity index (χ1n) is 3.03. The molecule has 0 aromatic rings. The van der Waals surface area contributed by atoms with Crippen LogP contribution in [0.1, 0.15) is 26.2 Å². The van der Waals surface area contributed by atoms with Crippen LogP contribution in [0.2, 0.25) is 0 Å². The summed E-state index contributed by atoms with van der Waals surface area (Å²) in [6, 6.07) is 0. The zero-order valence-electron chi connectivity index (χ0n) is 5.19. The lowest BCUT2D eigenvalue weighted by molar-refractivity contribution is 0.186. The van der Waals surface area contributed by atoms with Crippen LogP contribution in [0.25, 0.3) is 0 Å². The highest BCUT2D eigenvalue weighted by molar-refractivity contribution is 6.20. The molecule has 1 atom stereocenters. The van der Waals surface area contributed by atoms with Crippen LogP contribution in [0, 0.1) is 0 Å². The van der Waals surface area contributed by atoms with E-state index in [1.807, 2.05) is 6.92 Å². The lowest BCUT2D eigenvalue weighted by Gasteiger charge is -2.01. The van der Waals surface area contributed by atoms with E-state index in [4.69, 9.17) is 11.6 Å². The van der Waals surface area contributed by atoms with Crippen LogP contribution >= 0.6 is 11.6 Å². The Morgan fingerprint density at radius 2 is 2.25 bits per heavy atom. The molecule has 49 valence electrons. The van der Waals surface area contributed by atoms with E-state index in [0.29, 0.717) is 0 Å². The summed E-state index contributed by atoms with van der Waals surface area (Å²) in [5.74, 6) is 0. The van der Waals surface area contributed by atoms with Crippen LogP contribution in [0.4, 0.5) is 0 Å². The smallest absolute Gasteiger partial charge is 0.0822 e. The average molecular weight is 136 g/mol. The maximum absolute atomic E-state index is 9.89. The highest BCUT2D eigenvalue weighted by Gasteiger charge is 1.98. The van der Waals surface area contributed by atoms with Crippen molar-refractivity contribution in [2.24, 2.45) is 0 Å². The van der Waals surface area contributed by atoms with Gasteiger partial charge in [-0.25, -0.2) is 5.11 Å². The summed E-state index contributed by atoms with van der Waals surface area (Å²) < 4.78 is 0. The van der Waals surface area contributed by atoms with Gasteiger partial charge in [-0.2, -0.15) is 0 Å². The Balaban J connectivity index is 2.86. The Morgan fingerprint density at radius 1 is 1.62 bits per heavy atom. The molecule has 0 rings (SSSR count). The van der Waals surface area contributed by atoms with E-state index in [-0.39, 0.29) is 12.0 Å². The molecule has 0 saturated heterocycles. The van der Waals surface area contributed by atoms with Gasteiger partial charge in [-0.3, -0.25) is 0 Å².